The van der Waals surface area contributed by atoms with Gasteiger partial charge in [-0.1, -0.05) is 17.7 Å². The highest BCUT2D eigenvalue weighted by molar-refractivity contribution is 5.83. The molecule has 0 bridgehead atoms. The third-order valence-electron chi connectivity index (χ3n) is 3.99. The summed E-state index contributed by atoms with van der Waals surface area (Å²) in [5.74, 6) is 0.859. The Morgan fingerprint density at radius 2 is 1.83 bits per heavy atom. The molecular weight excluding hydrogens is 286 g/mol. The van der Waals surface area contributed by atoms with E-state index in [1.165, 1.54) is 11.3 Å². The Morgan fingerprint density at radius 3 is 2.48 bits per heavy atom. The number of anilines is 1. The average Bonchev–Trinajstić information content (AvgIpc) is 3.07. The zero-order valence-corrected chi connectivity index (χ0v) is 13.8. The number of benzene rings is 1. The summed E-state index contributed by atoms with van der Waals surface area (Å²) in [6, 6.07) is 12.6. The van der Waals surface area contributed by atoms with Crippen molar-refractivity contribution in [3.8, 4) is 0 Å². The molecule has 0 aliphatic carbocycles. The van der Waals surface area contributed by atoms with Crippen LogP contribution in [-0.2, 0) is 0 Å². The Bertz CT molecular complexity index is 663. The number of nitrogens with zero attached hydrogens (tertiary/aromatic N) is 3. The van der Waals surface area contributed by atoms with Crippen LogP contribution < -0.4 is 4.90 Å². The van der Waals surface area contributed by atoms with E-state index in [2.05, 4.69) is 46.2 Å². The van der Waals surface area contributed by atoms with Gasteiger partial charge in [0.05, 0.1) is 25.6 Å². The van der Waals surface area contributed by atoms with Crippen molar-refractivity contribution in [1.29, 1.82) is 0 Å². The molecule has 1 aliphatic heterocycles. The van der Waals surface area contributed by atoms with Crippen LogP contribution in [0.1, 0.15) is 18.2 Å². The molecule has 0 unspecified atom stereocenters. The van der Waals surface area contributed by atoms with Gasteiger partial charge in [-0.3, -0.25) is 5.01 Å². The minimum atomic E-state index is 0.859. The van der Waals surface area contributed by atoms with Crippen LogP contribution in [0.2, 0.25) is 0 Å². The van der Waals surface area contributed by atoms with Crippen LogP contribution in [0, 0.1) is 6.92 Å². The fraction of sp³-hybridized carbons (Fsp3) is 0.316. The number of hydrogen-bond donors (Lipinski definition) is 0. The van der Waals surface area contributed by atoms with E-state index in [-0.39, 0.29) is 0 Å². The third-order valence-corrected chi connectivity index (χ3v) is 3.99. The molecule has 2 heterocycles. The van der Waals surface area contributed by atoms with Crippen LogP contribution in [-0.4, -0.2) is 37.4 Å². The van der Waals surface area contributed by atoms with E-state index in [9.17, 15) is 0 Å². The Morgan fingerprint density at radius 1 is 1.09 bits per heavy atom. The molecule has 2 aromatic rings. The summed E-state index contributed by atoms with van der Waals surface area (Å²) >= 11 is 0. The number of rotatable bonds is 4. The lowest BCUT2D eigenvalue weighted by molar-refractivity contribution is 0.272. The van der Waals surface area contributed by atoms with Gasteiger partial charge in [-0.05, 0) is 49.8 Å². The highest BCUT2D eigenvalue weighted by Crippen LogP contribution is 2.17. The van der Waals surface area contributed by atoms with E-state index in [1.807, 2.05) is 31.3 Å². The maximum Gasteiger partial charge on any atom is 0.126 e. The fourth-order valence-electron chi connectivity index (χ4n) is 2.63. The second-order valence-corrected chi connectivity index (χ2v) is 5.92. The van der Waals surface area contributed by atoms with Crippen molar-refractivity contribution in [2.75, 3.05) is 31.1 Å². The van der Waals surface area contributed by atoms with E-state index in [0.717, 1.165) is 37.5 Å². The van der Waals surface area contributed by atoms with Crippen LogP contribution in [0.25, 0.3) is 6.08 Å². The number of allylic oxidation sites excluding steroid dienone is 1. The molecule has 23 heavy (non-hydrogen) atoms. The summed E-state index contributed by atoms with van der Waals surface area (Å²) in [5.41, 5.74) is 3.69. The normalized spacial score (nSPS) is 16.3. The van der Waals surface area contributed by atoms with E-state index in [0.29, 0.717) is 0 Å². The van der Waals surface area contributed by atoms with Crippen molar-refractivity contribution in [3.05, 3.63) is 59.6 Å². The number of furan rings is 1. The summed E-state index contributed by atoms with van der Waals surface area (Å²) in [6.45, 7) is 8.04. The van der Waals surface area contributed by atoms with Crippen molar-refractivity contribution in [3.63, 3.8) is 0 Å². The predicted octanol–water partition coefficient (Wildman–Crippen LogP) is 3.80. The van der Waals surface area contributed by atoms with Crippen molar-refractivity contribution >= 4 is 18.0 Å². The molecule has 0 atom stereocenters. The van der Waals surface area contributed by atoms with Crippen molar-refractivity contribution in [2.24, 2.45) is 5.10 Å². The Labute approximate surface area is 137 Å². The summed E-state index contributed by atoms with van der Waals surface area (Å²) in [4.78, 5) is 2.41. The molecule has 0 radical (unpaired) electrons. The molecule has 1 aromatic heterocycles. The van der Waals surface area contributed by atoms with Gasteiger partial charge in [0.25, 0.3) is 0 Å². The largest absolute Gasteiger partial charge is 0.465 e. The highest BCUT2D eigenvalue weighted by Gasteiger charge is 2.15. The van der Waals surface area contributed by atoms with Gasteiger partial charge >= 0.3 is 0 Å². The Balaban J connectivity index is 1.53. The van der Waals surface area contributed by atoms with E-state index >= 15 is 0 Å². The van der Waals surface area contributed by atoms with Crippen LogP contribution >= 0.6 is 0 Å². The predicted molar refractivity (Wildman–Crippen MR) is 95.8 cm³/mol. The summed E-state index contributed by atoms with van der Waals surface area (Å²) in [5, 5.41) is 6.71. The lowest BCUT2D eigenvalue weighted by Gasteiger charge is -2.34. The smallest absolute Gasteiger partial charge is 0.126 e. The van der Waals surface area contributed by atoms with Gasteiger partial charge in [0.15, 0.2) is 0 Å². The first-order chi connectivity index (χ1) is 11.2. The van der Waals surface area contributed by atoms with E-state index in [1.54, 1.807) is 6.26 Å². The maximum absolute atomic E-state index is 5.31. The van der Waals surface area contributed by atoms with Crippen LogP contribution in [0.15, 0.2) is 57.8 Å². The lowest BCUT2D eigenvalue weighted by atomic mass is 10.2. The molecular formula is C19H23N3O. The molecule has 1 saturated heterocycles. The van der Waals surface area contributed by atoms with E-state index < -0.39 is 0 Å². The molecule has 120 valence electrons. The average molecular weight is 309 g/mol. The van der Waals surface area contributed by atoms with Gasteiger partial charge < -0.3 is 9.32 Å². The number of piperazine rings is 1. The first-order valence-electron chi connectivity index (χ1n) is 8.03. The Kier molecular flexibility index (Phi) is 4.81. The molecule has 4 nitrogen and oxygen atoms in total. The van der Waals surface area contributed by atoms with Crippen molar-refractivity contribution < 1.29 is 4.42 Å². The quantitative estimate of drug-likeness (QED) is 0.805. The minimum absolute atomic E-state index is 0.859. The van der Waals surface area contributed by atoms with Crippen LogP contribution in [0.3, 0.4) is 0 Å². The lowest BCUT2D eigenvalue weighted by Crippen LogP contribution is -2.44. The van der Waals surface area contributed by atoms with Gasteiger partial charge in [0.1, 0.15) is 5.76 Å². The minimum Gasteiger partial charge on any atom is -0.465 e. The molecule has 1 fully saturated rings. The standard InChI is InChI=1S/C19H23N3O/c1-16-5-7-18(8-6-16)21-9-11-22(12-10-21)20-15-17(2)14-19-4-3-13-23-19/h3-8,13-15H,9-12H2,1-2H3. The Hall–Kier alpha value is -2.49. The second kappa shape index (κ2) is 7.18. The monoisotopic (exact) mass is 309 g/mol. The second-order valence-electron chi connectivity index (χ2n) is 5.92. The maximum atomic E-state index is 5.31. The van der Waals surface area contributed by atoms with Gasteiger partial charge in [0.2, 0.25) is 0 Å². The fourth-order valence-corrected chi connectivity index (χ4v) is 2.63. The number of aryl methyl sites for hydroxylation is 1. The molecule has 0 amide bonds. The van der Waals surface area contributed by atoms with Gasteiger partial charge in [0, 0.05) is 18.8 Å². The molecule has 0 spiro atoms. The number of hydrogen-bond acceptors (Lipinski definition) is 4. The summed E-state index contributed by atoms with van der Waals surface area (Å²) < 4.78 is 5.31. The van der Waals surface area contributed by atoms with Crippen molar-refractivity contribution in [2.45, 2.75) is 13.8 Å². The summed E-state index contributed by atoms with van der Waals surface area (Å²) in [7, 11) is 0. The topological polar surface area (TPSA) is 32.0 Å². The summed E-state index contributed by atoms with van der Waals surface area (Å²) in [6.07, 6.45) is 5.58. The highest BCUT2D eigenvalue weighted by atomic mass is 16.3. The SMILES string of the molecule is CC(C=NN1CCN(c2ccc(C)cc2)CC1)=Cc1ccco1. The molecule has 0 N–H and O–H groups in total. The van der Waals surface area contributed by atoms with Gasteiger partial charge in [-0.25, -0.2) is 0 Å². The van der Waals surface area contributed by atoms with Crippen LogP contribution in [0.4, 0.5) is 5.69 Å². The first kappa shape index (κ1) is 15.4. The number of hydrazone groups is 1. The first-order valence-corrected chi connectivity index (χ1v) is 8.03. The molecule has 1 aromatic carbocycles. The third kappa shape index (κ3) is 4.25. The van der Waals surface area contributed by atoms with Crippen molar-refractivity contribution in [1.82, 2.24) is 5.01 Å². The zero-order valence-electron chi connectivity index (χ0n) is 13.8. The zero-order chi connectivity index (χ0) is 16.1. The molecule has 4 heteroatoms. The van der Waals surface area contributed by atoms with Gasteiger partial charge in [-0.2, -0.15) is 5.10 Å². The van der Waals surface area contributed by atoms with Gasteiger partial charge in [-0.15, -0.1) is 0 Å². The molecule has 3 rings (SSSR count). The molecule has 1 aliphatic rings. The van der Waals surface area contributed by atoms with E-state index in [4.69, 9.17) is 4.42 Å². The molecule has 0 saturated carbocycles. The van der Waals surface area contributed by atoms with Crippen LogP contribution in [0.5, 0.6) is 0 Å².